The lowest BCUT2D eigenvalue weighted by molar-refractivity contribution is 0.0963. The second-order valence-corrected chi connectivity index (χ2v) is 7.64. The molecule has 1 aromatic carbocycles. The van der Waals surface area contributed by atoms with Crippen molar-refractivity contribution < 1.29 is 17.7 Å². The first-order chi connectivity index (χ1) is 11.4. The predicted octanol–water partition coefficient (Wildman–Crippen LogP) is 1.87. The van der Waals surface area contributed by atoms with Gasteiger partial charge < -0.3 is 9.84 Å². The zero-order valence-corrected chi connectivity index (χ0v) is 14.3. The van der Waals surface area contributed by atoms with Gasteiger partial charge in [0, 0.05) is 25.2 Å². The van der Waals surface area contributed by atoms with Crippen molar-refractivity contribution in [2.45, 2.75) is 30.7 Å². The lowest BCUT2D eigenvalue weighted by atomic mass is 10.2. The number of aromatic nitrogens is 1. The molecule has 1 saturated heterocycles. The van der Waals surface area contributed by atoms with Gasteiger partial charge in [-0.1, -0.05) is 5.16 Å². The number of benzene rings is 1. The van der Waals surface area contributed by atoms with Gasteiger partial charge in [-0.2, -0.15) is 4.31 Å². The number of amides is 1. The van der Waals surface area contributed by atoms with Gasteiger partial charge in [-0.3, -0.25) is 4.79 Å². The number of aryl methyl sites for hydroxylation is 1. The monoisotopic (exact) mass is 349 g/mol. The molecular weight excluding hydrogens is 330 g/mol. The lowest BCUT2D eigenvalue weighted by Crippen LogP contribution is -2.30. The minimum atomic E-state index is -3.66. The maximum atomic E-state index is 12.9. The Bertz CT molecular complexity index is 842. The van der Waals surface area contributed by atoms with Crippen molar-refractivity contribution >= 4 is 15.9 Å². The summed E-state index contributed by atoms with van der Waals surface area (Å²) in [5, 5.41) is 6.36. The van der Waals surface area contributed by atoms with Crippen LogP contribution in [0.1, 0.15) is 40.7 Å². The van der Waals surface area contributed by atoms with Gasteiger partial charge in [0.1, 0.15) is 0 Å². The second-order valence-electron chi connectivity index (χ2n) is 5.75. The van der Waals surface area contributed by atoms with E-state index >= 15 is 0 Å². The van der Waals surface area contributed by atoms with Crippen molar-refractivity contribution in [3.63, 3.8) is 0 Å². The molecule has 128 valence electrons. The summed E-state index contributed by atoms with van der Waals surface area (Å²) in [6, 6.07) is 7.37. The smallest absolute Gasteiger partial charge is 0.251 e. The highest BCUT2D eigenvalue weighted by molar-refractivity contribution is 7.89. The molecule has 7 nitrogen and oxygen atoms in total. The summed E-state index contributed by atoms with van der Waals surface area (Å²) in [6.45, 7) is 2.24. The molecule has 2 heterocycles. The first-order valence-corrected chi connectivity index (χ1v) is 9.14. The second kappa shape index (κ2) is 6.37. The summed E-state index contributed by atoms with van der Waals surface area (Å²) in [4.78, 5) is 11.7. The first kappa shape index (κ1) is 16.7. The topological polar surface area (TPSA) is 92.5 Å². The minimum Gasteiger partial charge on any atom is -0.359 e. The van der Waals surface area contributed by atoms with Gasteiger partial charge in [-0.25, -0.2) is 8.42 Å². The van der Waals surface area contributed by atoms with Gasteiger partial charge in [0.25, 0.3) is 5.91 Å². The third kappa shape index (κ3) is 2.94. The molecule has 3 rings (SSSR count). The van der Waals surface area contributed by atoms with Crippen LogP contribution < -0.4 is 5.32 Å². The van der Waals surface area contributed by atoms with E-state index in [1.165, 1.54) is 35.6 Å². The molecule has 0 bridgehead atoms. The molecule has 2 aromatic rings. The van der Waals surface area contributed by atoms with Crippen LogP contribution in [0.3, 0.4) is 0 Å². The molecule has 1 aliphatic heterocycles. The largest absolute Gasteiger partial charge is 0.359 e. The van der Waals surface area contributed by atoms with Crippen molar-refractivity contribution in [1.82, 2.24) is 14.8 Å². The number of rotatable bonds is 4. The Morgan fingerprint density at radius 2 is 2.04 bits per heavy atom. The number of hydrogen-bond donors (Lipinski definition) is 1. The van der Waals surface area contributed by atoms with Crippen LogP contribution in [-0.4, -0.2) is 37.4 Å². The molecule has 0 spiro atoms. The fourth-order valence-corrected chi connectivity index (χ4v) is 4.58. The van der Waals surface area contributed by atoms with E-state index in [4.69, 9.17) is 4.52 Å². The zero-order chi connectivity index (χ0) is 17.3. The van der Waals surface area contributed by atoms with Gasteiger partial charge in [0.05, 0.1) is 16.6 Å². The molecule has 1 atom stereocenters. The van der Waals surface area contributed by atoms with Crippen molar-refractivity contribution in [2.24, 2.45) is 0 Å². The normalized spacial score (nSPS) is 18.7. The quantitative estimate of drug-likeness (QED) is 0.909. The van der Waals surface area contributed by atoms with E-state index in [-0.39, 0.29) is 16.8 Å². The SMILES string of the molecule is CNC(=O)c1ccc(S(=O)(=O)N2CCCC2c2cc(C)no2)cc1. The summed E-state index contributed by atoms with van der Waals surface area (Å²) < 4.78 is 32.6. The lowest BCUT2D eigenvalue weighted by Gasteiger charge is -2.22. The predicted molar refractivity (Wildman–Crippen MR) is 86.9 cm³/mol. The van der Waals surface area contributed by atoms with Crippen LogP contribution in [0.5, 0.6) is 0 Å². The van der Waals surface area contributed by atoms with Crippen molar-refractivity contribution in [3.8, 4) is 0 Å². The molecule has 1 fully saturated rings. The number of carbonyl (C=O) groups excluding carboxylic acids is 1. The summed E-state index contributed by atoms with van der Waals surface area (Å²) in [5.41, 5.74) is 1.14. The fraction of sp³-hybridized carbons (Fsp3) is 0.375. The zero-order valence-electron chi connectivity index (χ0n) is 13.5. The van der Waals surface area contributed by atoms with Crippen LogP contribution >= 0.6 is 0 Å². The molecule has 8 heteroatoms. The third-order valence-corrected chi connectivity index (χ3v) is 6.05. The first-order valence-electron chi connectivity index (χ1n) is 7.70. The average molecular weight is 349 g/mol. The Balaban J connectivity index is 1.90. The number of nitrogens with one attached hydrogen (secondary N) is 1. The van der Waals surface area contributed by atoms with Crippen molar-refractivity contribution in [1.29, 1.82) is 0 Å². The standard InChI is InChI=1S/C16H19N3O4S/c1-11-10-15(23-18-11)14-4-3-9-19(14)24(21,22)13-7-5-12(6-8-13)16(20)17-2/h5-8,10,14H,3-4,9H2,1-2H3,(H,17,20). The molecular formula is C16H19N3O4S. The van der Waals surface area contributed by atoms with E-state index in [9.17, 15) is 13.2 Å². The summed E-state index contributed by atoms with van der Waals surface area (Å²) in [7, 11) is -2.13. The number of carbonyl (C=O) groups is 1. The van der Waals surface area contributed by atoms with E-state index < -0.39 is 10.0 Å². The van der Waals surface area contributed by atoms with E-state index in [2.05, 4.69) is 10.5 Å². The van der Waals surface area contributed by atoms with Crippen LogP contribution in [-0.2, 0) is 10.0 Å². The molecule has 0 saturated carbocycles. The molecule has 1 N–H and O–H groups in total. The number of nitrogens with zero attached hydrogens (tertiary/aromatic N) is 2. The van der Waals surface area contributed by atoms with Crippen LogP contribution in [0.2, 0.25) is 0 Å². The highest BCUT2D eigenvalue weighted by Crippen LogP contribution is 2.36. The third-order valence-electron chi connectivity index (χ3n) is 4.13. The summed E-state index contributed by atoms with van der Waals surface area (Å²) >= 11 is 0. The minimum absolute atomic E-state index is 0.165. The highest BCUT2D eigenvalue weighted by Gasteiger charge is 2.38. The van der Waals surface area contributed by atoms with E-state index in [1.54, 1.807) is 13.0 Å². The van der Waals surface area contributed by atoms with Gasteiger partial charge in [0.15, 0.2) is 5.76 Å². The van der Waals surface area contributed by atoms with Gasteiger partial charge in [-0.15, -0.1) is 0 Å². The van der Waals surface area contributed by atoms with Gasteiger partial charge in [-0.05, 0) is 44.0 Å². The maximum Gasteiger partial charge on any atom is 0.251 e. The molecule has 0 aliphatic carbocycles. The molecule has 24 heavy (non-hydrogen) atoms. The Kier molecular flexibility index (Phi) is 4.42. The maximum absolute atomic E-state index is 12.9. The van der Waals surface area contributed by atoms with E-state index in [0.717, 1.165) is 12.1 Å². The van der Waals surface area contributed by atoms with Crippen LogP contribution in [0.15, 0.2) is 39.8 Å². The summed E-state index contributed by atoms with van der Waals surface area (Å²) in [6.07, 6.45) is 1.46. The van der Waals surface area contributed by atoms with Gasteiger partial charge >= 0.3 is 0 Å². The van der Waals surface area contributed by atoms with Crippen molar-refractivity contribution in [3.05, 3.63) is 47.3 Å². The number of hydrogen-bond acceptors (Lipinski definition) is 5. The molecule has 1 aromatic heterocycles. The van der Waals surface area contributed by atoms with Gasteiger partial charge in [0.2, 0.25) is 10.0 Å². The fourth-order valence-electron chi connectivity index (χ4n) is 2.91. The Morgan fingerprint density at radius 1 is 1.33 bits per heavy atom. The number of sulfonamides is 1. The molecule has 1 unspecified atom stereocenters. The average Bonchev–Trinajstić information content (AvgIpc) is 3.23. The van der Waals surface area contributed by atoms with E-state index in [0.29, 0.717) is 24.3 Å². The van der Waals surface area contributed by atoms with Crippen LogP contribution in [0, 0.1) is 6.92 Å². The van der Waals surface area contributed by atoms with Crippen LogP contribution in [0.25, 0.3) is 0 Å². The van der Waals surface area contributed by atoms with Crippen molar-refractivity contribution in [2.75, 3.05) is 13.6 Å². The Hall–Kier alpha value is -2.19. The Labute approximate surface area is 140 Å². The van der Waals surface area contributed by atoms with E-state index in [1.807, 2.05) is 0 Å². The molecule has 1 aliphatic rings. The molecule has 1 amide bonds. The summed E-state index contributed by atoms with van der Waals surface area (Å²) in [5.74, 6) is 0.311. The van der Waals surface area contributed by atoms with Crippen LogP contribution in [0.4, 0.5) is 0 Å². The Morgan fingerprint density at radius 3 is 2.62 bits per heavy atom. The highest BCUT2D eigenvalue weighted by atomic mass is 32.2. The molecule has 0 radical (unpaired) electrons.